The van der Waals surface area contributed by atoms with Gasteiger partial charge in [-0.05, 0) is 42.8 Å². The van der Waals surface area contributed by atoms with Crippen molar-refractivity contribution in [3.63, 3.8) is 0 Å². The van der Waals surface area contributed by atoms with Gasteiger partial charge in [-0.15, -0.1) is 0 Å². The molecule has 2 rings (SSSR count). The number of carbonyl (C=O) groups excluding carboxylic acids is 1. The maximum absolute atomic E-state index is 11.5. The summed E-state index contributed by atoms with van der Waals surface area (Å²) in [5, 5.41) is 3.06. The zero-order valence-electron chi connectivity index (χ0n) is 10.1. The number of ether oxygens (including phenoxy) is 1. The van der Waals surface area contributed by atoms with Crippen LogP contribution in [0.25, 0.3) is 0 Å². The number of rotatable bonds is 4. The Hall–Kier alpha value is -2.21. The highest BCUT2D eigenvalue weighted by Crippen LogP contribution is 2.14. The highest BCUT2D eigenvalue weighted by atomic mass is 35.5. The number of benzene rings is 1. The van der Waals surface area contributed by atoms with Gasteiger partial charge < -0.3 is 10.1 Å². The summed E-state index contributed by atoms with van der Waals surface area (Å²) in [6.07, 6.45) is 1.31. The van der Waals surface area contributed by atoms with E-state index in [0.717, 1.165) is 5.69 Å². The third-order valence-electron chi connectivity index (χ3n) is 2.19. The van der Waals surface area contributed by atoms with Gasteiger partial charge in [0, 0.05) is 5.69 Å². The third-order valence-corrected chi connectivity index (χ3v) is 2.38. The molecule has 0 radical (unpaired) electrons. The summed E-state index contributed by atoms with van der Waals surface area (Å²) in [5.41, 5.74) is 1.22. The highest BCUT2D eigenvalue weighted by Gasteiger charge is 2.06. The van der Waals surface area contributed by atoms with Gasteiger partial charge >= 0.3 is 5.97 Å². The van der Waals surface area contributed by atoms with Crippen LogP contribution in [-0.2, 0) is 4.74 Å². The lowest BCUT2D eigenvalue weighted by Crippen LogP contribution is -2.04. The molecule has 0 unspecified atom stereocenters. The van der Waals surface area contributed by atoms with Gasteiger partial charge in [-0.25, -0.2) is 14.8 Å². The molecule has 98 valence electrons. The second-order valence-electron chi connectivity index (χ2n) is 3.50. The number of hydrogen-bond donors (Lipinski definition) is 1. The fraction of sp³-hybridized carbons (Fsp3) is 0.167. The predicted molar refractivity (Wildman–Crippen MR) is 70.5 cm³/mol. The molecular formula is C12H11ClN4O2. The molecule has 1 heterocycles. The normalized spacial score (nSPS) is 10.0. The van der Waals surface area contributed by atoms with Crippen LogP contribution in [0.1, 0.15) is 17.3 Å². The molecule has 2 aromatic rings. The van der Waals surface area contributed by atoms with Gasteiger partial charge in [0.05, 0.1) is 12.2 Å². The first-order valence-electron chi connectivity index (χ1n) is 5.58. The van der Waals surface area contributed by atoms with Crippen LogP contribution in [-0.4, -0.2) is 27.5 Å². The van der Waals surface area contributed by atoms with E-state index in [-0.39, 0.29) is 11.3 Å². The molecule has 0 saturated carbocycles. The van der Waals surface area contributed by atoms with Crippen molar-refractivity contribution >= 4 is 29.2 Å². The van der Waals surface area contributed by atoms with E-state index in [1.165, 1.54) is 6.33 Å². The molecule has 0 spiro atoms. The van der Waals surface area contributed by atoms with Gasteiger partial charge in [0.25, 0.3) is 0 Å². The zero-order valence-corrected chi connectivity index (χ0v) is 10.9. The zero-order chi connectivity index (χ0) is 13.7. The van der Waals surface area contributed by atoms with Crippen LogP contribution in [0.5, 0.6) is 0 Å². The number of anilines is 2. The largest absolute Gasteiger partial charge is 0.462 e. The number of carbonyl (C=O) groups is 1. The second-order valence-corrected chi connectivity index (χ2v) is 3.84. The van der Waals surface area contributed by atoms with Crippen LogP contribution >= 0.6 is 11.6 Å². The molecule has 0 aliphatic carbocycles. The molecule has 1 aromatic carbocycles. The monoisotopic (exact) mass is 278 g/mol. The first-order chi connectivity index (χ1) is 9.19. The Morgan fingerprint density at radius 1 is 1.32 bits per heavy atom. The lowest BCUT2D eigenvalue weighted by atomic mass is 10.2. The molecule has 0 bridgehead atoms. The maximum atomic E-state index is 11.5. The summed E-state index contributed by atoms with van der Waals surface area (Å²) in [6.45, 7) is 2.11. The Labute approximate surface area is 114 Å². The van der Waals surface area contributed by atoms with E-state index in [1.54, 1.807) is 31.2 Å². The number of aromatic nitrogens is 3. The van der Waals surface area contributed by atoms with Crippen molar-refractivity contribution in [1.82, 2.24) is 15.0 Å². The van der Waals surface area contributed by atoms with Crippen molar-refractivity contribution in [3.05, 3.63) is 41.4 Å². The third kappa shape index (κ3) is 3.62. The average Bonchev–Trinajstić information content (AvgIpc) is 2.40. The van der Waals surface area contributed by atoms with E-state index >= 15 is 0 Å². The Balaban J connectivity index is 2.08. The molecule has 0 aliphatic heterocycles. The maximum Gasteiger partial charge on any atom is 0.338 e. The van der Waals surface area contributed by atoms with Gasteiger partial charge in [-0.1, -0.05) is 0 Å². The van der Waals surface area contributed by atoms with E-state index in [0.29, 0.717) is 18.1 Å². The van der Waals surface area contributed by atoms with Crippen molar-refractivity contribution in [1.29, 1.82) is 0 Å². The van der Waals surface area contributed by atoms with Gasteiger partial charge in [-0.3, -0.25) is 0 Å². The molecule has 6 nitrogen and oxygen atoms in total. The first kappa shape index (κ1) is 13.2. The minimum atomic E-state index is -0.350. The highest BCUT2D eigenvalue weighted by molar-refractivity contribution is 6.28. The number of halogens is 1. The summed E-state index contributed by atoms with van der Waals surface area (Å²) in [4.78, 5) is 23.0. The molecular weight excluding hydrogens is 268 g/mol. The minimum Gasteiger partial charge on any atom is -0.462 e. The Bertz CT molecular complexity index is 574. The number of hydrogen-bond acceptors (Lipinski definition) is 6. The summed E-state index contributed by atoms with van der Waals surface area (Å²) in [5.74, 6) is -0.0128. The number of nitrogens with one attached hydrogen (secondary N) is 1. The summed E-state index contributed by atoms with van der Waals surface area (Å²) in [7, 11) is 0. The fourth-order valence-corrected chi connectivity index (χ4v) is 1.49. The van der Waals surface area contributed by atoms with Crippen molar-refractivity contribution < 1.29 is 9.53 Å². The quantitative estimate of drug-likeness (QED) is 0.866. The second kappa shape index (κ2) is 6.10. The van der Waals surface area contributed by atoms with Crippen LogP contribution in [0, 0.1) is 0 Å². The van der Waals surface area contributed by atoms with E-state index in [2.05, 4.69) is 20.3 Å². The summed E-state index contributed by atoms with van der Waals surface area (Å²) >= 11 is 5.65. The van der Waals surface area contributed by atoms with Crippen molar-refractivity contribution in [2.45, 2.75) is 6.92 Å². The Kier molecular flexibility index (Phi) is 4.25. The molecule has 1 N–H and O–H groups in total. The van der Waals surface area contributed by atoms with Gasteiger partial charge in [-0.2, -0.15) is 4.98 Å². The molecule has 0 atom stereocenters. The van der Waals surface area contributed by atoms with Gasteiger partial charge in [0.15, 0.2) is 0 Å². The van der Waals surface area contributed by atoms with Crippen LogP contribution < -0.4 is 5.32 Å². The van der Waals surface area contributed by atoms with Crippen molar-refractivity contribution in [2.24, 2.45) is 0 Å². The molecule has 0 saturated heterocycles. The van der Waals surface area contributed by atoms with Gasteiger partial charge in [0.2, 0.25) is 11.2 Å². The van der Waals surface area contributed by atoms with Crippen LogP contribution in [0.2, 0.25) is 5.28 Å². The van der Waals surface area contributed by atoms with Crippen molar-refractivity contribution in [3.8, 4) is 0 Å². The van der Waals surface area contributed by atoms with E-state index < -0.39 is 0 Å². The topological polar surface area (TPSA) is 77.0 Å². The fourth-order valence-electron chi connectivity index (χ4n) is 1.37. The molecule has 7 heteroatoms. The predicted octanol–water partition coefficient (Wildman–Crippen LogP) is 2.45. The first-order valence-corrected chi connectivity index (χ1v) is 5.95. The molecule has 19 heavy (non-hydrogen) atoms. The van der Waals surface area contributed by atoms with Crippen LogP contribution in [0.3, 0.4) is 0 Å². The van der Waals surface area contributed by atoms with E-state index in [4.69, 9.17) is 16.3 Å². The Morgan fingerprint density at radius 2 is 2.05 bits per heavy atom. The van der Waals surface area contributed by atoms with Gasteiger partial charge in [0.1, 0.15) is 6.33 Å². The Morgan fingerprint density at radius 3 is 2.68 bits per heavy atom. The van der Waals surface area contributed by atoms with E-state index in [1.807, 2.05) is 0 Å². The summed E-state index contributed by atoms with van der Waals surface area (Å²) in [6, 6.07) is 6.76. The SMILES string of the molecule is CCOC(=O)c1ccc(Nc2ncnc(Cl)n2)cc1. The smallest absolute Gasteiger partial charge is 0.338 e. The van der Waals surface area contributed by atoms with E-state index in [9.17, 15) is 4.79 Å². The van der Waals surface area contributed by atoms with Crippen LogP contribution in [0.4, 0.5) is 11.6 Å². The number of esters is 1. The lowest BCUT2D eigenvalue weighted by Gasteiger charge is -2.05. The molecule has 0 aliphatic rings. The van der Waals surface area contributed by atoms with Crippen LogP contribution in [0.15, 0.2) is 30.6 Å². The molecule has 1 aromatic heterocycles. The minimum absolute atomic E-state index is 0.112. The van der Waals surface area contributed by atoms with Crippen molar-refractivity contribution in [2.75, 3.05) is 11.9 Å². The standard InChI is InChI=1S/C12H11ClN4O2/c1-2-19-10(18)8-3-5-9(6-4-8)16-12-15-7-14-11(13)17-12/h3-7H,2H2,1H3,(H,14,15,16,17). The summed E-state index contributed by atoms with van der Waals surface area (Å²) < 4.78 is 4.89. The number of nitrogens with zero attached hydrogens (tertiary/aromatic N) is 3. The molecule has 0 amide bonds. The average molecular weight is 279 g/mol. The molecule has 0 fully saturated rings. The lowest BCUT2D eigenvalue weighted by molar-refractivity contribution is 0.0526.